The van der Waals surface area contributed by atoms with Crippen molar-refractivity contribution in [3.05, 3.63) is 83.2 Å². The van der Waals surface area contributed by atoms with Gasteiger partial charge in [-0.2, -0.15) is 5.10 Å². The van der Waals surface area contributed by atoms with Crippen molar-refractivity contribution < 1.29 is 32.9 Å². The van der Waals surface area contributed by atoms with E-state index in [2.05, 4.69) is 10.5 Å². The smallest absolute Gasteiger partial charge is 0.343 e. The van der Waals surface area contributed by atoms with Crippen molar-refractivity contribution in [1.29, 1.82) is 0 Å². The molecular weight excluding hydrogens is 419 g/mol. The highest BCUT2D eigenvalue weighted by Crippen LogP contribution is 2.33. The summed E-state index contributed by atoms with van der Waals surface area (Å²) in [6.07, 6.45) is 1.38. The van der Waals surface area contributed by atoms with Crippen LogP contribution >= 0.6 is 0 Å². The van der Waals surface area contributed by atoms with Crippen molar-refractivity contribution in [2.45, 2.75) is 0 Å². The Balaban J connectivity index is 1.42. The van der Waals surface area contributed by atoms with E-state index < -0.39 is 17.7 Å². The topological polar surface area (TPSA) is 95.5 Å². The van der Waals surface area contributed by atoms with Gasteiger partial charge in [0.25, 0.3) is 5.91 Å². The molecule has 0 aromatic heterocycles. The molecule has 162 valence electrons. The Kier molecular flexibility index (Phi) is 5.98. The molecule has 0 spiro atoms. The SMILES string of the molecule is COc1cc(/C=N\NC(=O)c2cccc(F)c2)ccc1OC(=O)c1ccc2c(c1)OCO2. The molecule has 0 radical (unpaired) electrons. The van der Waals surface area contributed by atoms with Gasteiger partial charge in [0, 0.05) is 5.56 Å². The Morgan fingerprint density at radius 3 is 2.66 bits per heavy atom. The first-order chi connectivity index (χ1) is 15.5. The van der Waals surface area contributed by atoms with Gasteiger partial charge in [-0.25, -0.2) is 14.6 Å². The Morgan fingerprint density at radius 1 is 1.00 bits per heavy atom. The van der Waals surface area contributed by atoms with Crippen molar-refractivity contribution >= 4 is 18.1 Å². The molecule has 0 saturated carbocycles. The molecule has 1 aliphatic heterocycles. The maximum atomic E-state index is 13.2. The highest BCUT2D eigenvalue weighted by molar-refractivity contribution is 5.95. The summed E-state index contributed by atoms with van der Waals surface area (Å²) < 4.78 is 34.4. The molecule has 3 aromatic rings. The van der Waals surface area contributed by atoms with Crippen molar-refractivity contribution in [3.63, 3.8) is 0 Å². The van der Waals surface area contributed by atoms with Gasteiger partial charge >= 0.3 is 5.97 Å². The molecule has 9 heteroatoms. The molecule has 0 fully saturated rings. The van der Waals surface area contributed by atoms with Crippen LogP contribution in [0.15, 0.2) is 65.8 Å². The second-order valence-electron chi connectivity index (χ2n) is 6.58. The first-order valence-corrected chi connectivity index (χ1v) is 9.42. The number of halogens is 1. The highest BCUT2D eigenvalue weighted by Gasteiger charge is 2.18. The number of amides is 1. The van der Waals surface area contributed by atoms with Gasteiger partial charge in [0.1, 0.15) is 5.82 Å². The van der Waals surface area contributed by atoms with Crippen LogP contribution in [-0.2, 0) is 0 Å². The van der Waals surface area contributed by atoms with Crippen LogP contribution in [0.3, 0.4) is 0 Å². The normalized spacial score (nSPS) is 11.9. The Morgan fingerprint density at radius 2 is 1.84 bits per heavy atom. The number of nitrogens with one attached hydrogen (secondary N) is 1. The fraction of sp³-hybridized carbons (Fsp3) is 0.0870. The number of rotatable bonds is 6. The van der Waals surface area contributed by atoms with E-state index in [-0.39, 0.29) is 18.1 Å². The summed E-state index contributed by atoms with van der Waals surface area (Å²) in [6, 6.07) is 14.8. The molecule has 0 bridgehead atoms. The molecule has 8 nitrogen and oxygen atoms in total. The highest BCUT2D eigenvalue weighted by atomic mass is 19.1. The van der Waals surface area contributed by atoms with Gasteiger partial charge in [-0.15, -0.1) is 0 Å². The van der Waals surface area contributed by atoms with Crippen molar-refractivity contribution in [2.75, 3.05) is 13.9 Å². The van der Waals surface area contributed by atoms with E-state index in [4.69, 9.17) is 18.9 Å². The number of hydrazone groups is 1. The van der Waals surface area contributed by atoms with Crippen LogP contribution in [-0.4, -0.2) is 32.0 Å². The Labute approximate surface area is 182 Å². The van der Waals surface area contributed by atoms with E-state index in [1.54, 1.807) is 36.4 Å². The van der Waals surface area contributed by atoms with Gasteiger partial charge in [-0.05, 0) is 60.2 Å². The summed E-state index contributed by atoms with van der Waals surface area (Å²) >= 11 is 0. The van der Waals surface area contributed by atoms with E-state index in [1.165, 1.54) is 31.5 Å². The van der Waals surface area contributed by atoms with Crippen LogP contribution in [0, 0.1) is 5.82 Å². The van der Waals surface area contributed by atoms with Crippen LogP contribution in [0.1, 0.15) is 26.3 Å². The number of hydrogen-bond donors (Lipinski definition) is 1. The standard InChI is InChI=1S/C23H17FN2O6/c1-29-20-9-14(12-25-26-22(27)15-3-2-4-17(24)10-15)5-7-19(20)32-23(28)16-6-8-18-21(11-16)31-13-30-18/h2-12H,13H2,1H3,(H,26,27)/b25-12-. The molecule has 3 aromatic carbocycles. The molecule has 1 aliphatic rings. The van der Waals surface area contributed by atoms with E-state index in [0.717, 1.165) is 6.07 Å². The number of benzene rings is 3. The summed E-state index contributed by atoms with van der Waals surface area (Å²) in [5.41, 5.74) is 3.33. The first kappa shape index (κ1) is 20.9. The number of esters is 1. The third-order valence-corrected chi connectivity index (χ3v) is 4.47. The lowest BCUT2D eigenvalue weighted by molar-refractivity contribution is 0.0729. The zero-order chi connectivity index (χ0) is 22.5. The molecule has 1 heterocycles. The minimum absolute atomic E-state index is 0.105. The molecule has 0 saturated heterocycles. The van der Waals surface area contributed by atoms with Gasteiger partial charge in [0.15, 0.2) is 23.0 Å². The summed E-state index contributed by atoms with van der Waals surface area (Å²) in [5.74, 6) is -0.134. The van der Waals surface area contributed by atoms with Crippen LogP contribution in [0.2, 0.25) is 0 Å². The van der Waals surface area contributed by atoms with Crippen molar-refractivity contribution in [2.24, 2.45) is 5.10 Å². The number of ether oxygens (including phenoxy) is 4. The summed E-state index contributed by atoms with van der Waals surface area (Å²) in [4.78, 5) is 24.5. The summed E-state index contributed by atoms with van der Waals surface area (Å²) in [6.45, 7) is 0.105. The average molecular weight is 436 g/mol. The fourth-order valence-electron chi connectivity index (χ4n) is 2.89. The summed E-state index contributed by atoms with van der Waals surface area (Å²) in [5, 5.41) is 3.86. The lowest BCUT2D eigenvalue weighted by Gasteiger charge is -2.10. The number of hydrogen-bond acceptors (Lipinski definition) is 7. The maximum Gasteiger partial charge on any atom is 0.343 e. The largest absolute Gasteiger partial charge is 0.493 e. The number of nitrogens with zero attached hydrogens (tertiary/aromatic N) is 1. The fourth-order valence-corrected chi connectivity index (χ4v) is 2.89. The number of fused-ring (bicyclic) bond motifs is 1. The van der Waals surface area contributed by atoms with Gasteiger partial charge in [-0.1, -0.05) is 6.07 Å². The molecule has 1 amide bonds. The van der Waals surface area contributed by atoms with Gasteiger partial charge in [-0.3, -0.25) is 4.79 Å². The van der Waals surface area contributed by atoms with Crippen LogP contribution in [0.5, 0.6) is 23.0 Å². The number of carbonyl (C=O) groups is 2. The van der Waals surface area contributed by atoms with Crippen LogP contribution in [0.4, 0.5) is 4.39 Å². The monoisotopic (exact) mass is 436 g/mol. The minimum atomic E-state index is -0.592. The second-order valence-corrected chi connectivity index (χ2v) is 6.58. The predicted octanol–water partition coefficient (Wildman–Crippen LogP) is 3.55. The second kappa shape index (κ2) is 9.17. The molecule has 4 rings (SSSR count). The lowest BCUT2D eigenvalue weighted by atomic mass is 10.2. The van der Waals surface area contributed by atoms with Crippen LogP contribution < -0.4 is 24.4 Å². The average Bonchev–Trinajstić information content (AvgIpc) is 3.27. The maximum absolute atomic E-state index is 13.2. The molecule has 0 unspecified atom stereocenters. The predicted molar refractivity (Wildman–Crippen MR) is 112 cm³/mol. The van der Waals surface area contributed by atoms with Gasteiger partial charge in [0.05, 0.1) is 18.9 Å². The molecule has 0 aliphatic carbocycles. The van der Waals surface area contributed by atoms with Crippen molar-refractivity contribution in [1.82, 2.24) is 5.43 Å². The first-order valence-electron chi connectivity index (χ1n) is 9.42. The molecule has 0 atom stereocenters. The Hall–Kier alpha value is -4.40. The van der Waals surface area contributed by atoms with Gasteiger partial charge in [0.2, 0.25) is 6.79 Å². The Bertz CT molecular complexity index is 1210. The lowest BCUT2D eigenvalue weighted by Crippen LogP contribution is -2.17. The quantitative estimate of drug-likeness (QED) is 0.275. The van der Waals surface area contributed by atoms with E-state index in [0.29, 0.717) is 28.4 Å². The van der Waals surface area contributed by atoms with E-state index in [1.807, 2.05) is 0 Å². The number of carbonyl (C=O) groups excluding carboxylic acids is 2. The van der Waals surface area contributed by atoms with Gasteiger partial charge < -0.3 is 18.9 Å². The molecule has 1 N–H and O–H groups in total. The zero-order valence-corrected chi connectivity index (χ0v) is 16.8. The van der Waals surface area contributed by atoms with E-state index in [9.17, 15) is 14.0 Å². The minimum Gasteiger partial charge on any atom is -0.493 e. The summed E-state index contributed by atoms with van der Waals surface area (Å²) in [7, 11) is 1.43. The van der Waals surface area contributed by atoms with Crippen LogP contribution in [0.25, 0.3) is 0 Å². The molecular formula is C23H17FN2O6. The number of methoxy groups -OCH3 is 1. The van der Waals surface area contributed by atoms with E-state index >= 15 is 0 Å². The zero-order valence-electron chi connectivity index (χ0n) is 16.8. The van der Waals surface area contributed by atoms with Crippen molar-refractivity contribution in [3.8, 4) is 23.0 Å². The third-order valence-electron chi connectivity index (χ3n) is 4.47. The molecule has 32 heavy (non-hydrogen) atoms. The third kappa shape index (κ3) is 4.67.